The molecule has 0 unspecified atom stereocenters. The summed E-state index contributed by atoms with van der Waals surface area (Å²) < 4.78 is 0. The Bertz CT molecular complexity index is 455. The van der Waals surface area contributed by atoms with Crippen LogP contribution in [0.4, 0.5) is 5.82 Å². The number of hydrogen-bond acceptors (Lipinski definition) is 4. The van der Waals surface area contributed by atoms with Gasteiger partial charge in [-0.25, -0.2) is 9.98 Å². The van der Waals surface area contributed by atoms with Crippen LogP contribution in [0.15, 0.2) is 28.2 Å². The Morgan fingerprint density at radius 2 is 2.22 bits per heavy atom. The van der Waals surface area contributed by atoms with E-state index in [0.717, 1.165) is 0 Å². The molecule has 0 atom stereocenters. The second-order valence-electron chi connectivity index (χ2n) is 3.57. The molecule has 0 spiro atoms. The van der Waals surface area contributed by atoms with E-state index in [4.69, 9.17) is 0 Å². The van der Waals surface area contributed by atoms with E-state index in [9.17, 15) is 4.79 Å². The summed E-state index contributed by atoms with van der Waals surface area (Å²) in [5, 5.41) is 0. The molecule has 0 aromatic carbocycles. The topological polar surface area (TPSA) is 82.0 Å². The summed E-state index contributed by atoms with van der Waals surface area (Å²) >= 11 is 0. The Morgan fingerprint density at radius 1 is 1.44 bits per heavy atom. The van der Waals surface area contributed by atoms with Gasteiger partial charge in [0.05, 0.1) is 6.34 Å². The molecule has 0 aliphatic rings. The van der Waals surface area contributed by atoms with Gasteiger partial charge in [-0.1, -0.05) is 6.07 Å². The van der Waals surface area contributed by atoms with Crippen molar-refractivity contribution in [3.63, 3.8) is 0 Å². The normalized spacial score (nSPS) is 10.8. The first kappa shape index (κ1) is 13.6. The number of hydrazine groups is 1. The van der Waals surface area contributed by atoms with Crippen molar-refractivity contribution in [2.75, 3.05) is 21.1 Å². The molecule has 1 aromatic rings. The van der Waals surface area contributed by atoms with Crippen LogP contribution in [0.25, 0.3) is 0 Å². The summed E-state index contributed by atoms with van der Waals surface area (Å²) in [6.45, 7) is 0. The fraction of sp³-hybridized carbons (Fsp3) is 0.273. The highest BCUT2D eigenvalue weighted by Gasteiger charge is 2.06. The van der Waals surface area contributed by atoms with E-state index in [1.54, 1.807) is 36.5 Å². The minimum absolute atomic E-state index is 0.278. The van der Waals surface area contributed by atoms with E-state index < -0.39 is 0 Å². The molecule has 0 bridgehead atoms. The number of pyridine rings is 1. The Kier molecular flexibility index (Phi) is 5.30. The lowest BCUT2D eigenvalue weighted by molar-refractivity contribution is 0.0939. The van der Waals surface area contributed by atoms with Crippen molar-refractivity contribution in [1.29, 1.82) is 0 Å². The van der Waals surface area contributed by atoms with Gasteiger partial charge in [-0.05, 0) is 12.1 Å². The quantitative estimate of drug-likeness (QED) is 0.443. The number of hydrogen-bond donors (Lipinski definition) is 2. The average molecular weight is 248 g/mol. The number of nitrogens with one attached hydrogen (secondary N) is 2. The first-order valence-electron chi connectivity index (χ1n) is 5.27. The molecule has 96 valence electrons. The summed E-state index contributed by atoms with van der Waals surface area (Å²) in [6.07, 6.45) is 2.98. The fourth-order valence-corrected chi connectivity index (χ4v) is 1.02. The molecule has 1 rings (SSSR count). The lowest BCUT2D eigenvalue weighted by Gasteiger charge is -2.04. The first-order chi connectivity index (χ1) is 8.63. The molecule has 1 amide bonds. The molecule has 7 nitrogen and oxygen atoms in total. The highest BCUT2D eigenvalue weighted by molar-refractivity contribution is 5.92. The predicted octanol–water partition coefficient (Wildman–Crippen LogP) is 0.195. The van der Waals surface area contributed by atoms with E-state index >= 15 is 0 Å². The van der Waals surface area contributed by atoms with Crippen LogP contribution < -0.4 is 10.9 Å². The molecule has 1 heterocycles. The van der Waals surface area contributed by atoms with E-state index in [-0.39, 0.29) is 11.6 Å². The van der Waals surface area contributed by atoms with Crippen molar-refractivity contribution in [3.05, 3.63) is 23.9 Å². The second kappa shape index (κ2) is 7.00. The van der Waals surface area contributed by atoms with Crippen molar-refractivity contribution in [2.24, 2.45) is 9.98 Å². The van der Waals surface area contributed by atoms with Gasteiger partial charge < -0.3 is 4.90 Å². The standard InChI is InChI=1S/C11H16N6O/c1-12-7-14-16-11(18)9-5-4-6-10(15-9)13-8-17(2)3/h4-8H,1-3H3,(H,12,14)(H,16,18). The number of carbonyl (C=O) groups excluding carboxylic acids is 1. The number of carbonyl (C=O) groups is 1. The molecule has 0 aliphatic heterocycles. The molecule has 7 heteroatoms. The third-order valence-corrected chi connectivity index (χ3v) is 1.77. The van der Waals surface area contributed by atoms with Crippen LogP contribution in [0, 0.1) is 0 Å². The molecule has 0 saturated heterocycles. The molecule has 18 heavy (non-hydrogen) atoms. The number of amides is 1. The molecular weight excluding hydrogens is 232 g/mol. The average Bonchev–Trinajstić information content (AvgIpc) is 2.37. The van der Waals surface area contributed by atoms with Gasteiger partial charge in [-0.2, -0.15) is 0 Å². The summed E-state index contributed by atoms with van der Waals surface area (Å²) in [4.78, 5) is 25.3. The fourth-order valence-electron chi connectivity index (χ4n) is 1.02. The van der Waals surface area contributed by atoms with Crippen LogP contribution in [-0.4, -0.2) is 49.6 Å². The highest BCUT2D eigenvalue weighted by Crippen LogP contribution is 2.07. The van der Waals surface area contributed by atoms with Crippen LogP contribution in [-0.2, 0) is 0 Å². The Balaban J connectivity index is 2.72. The number of nitrogens with zero attached hydrogens (tertiary/aromatic N) is 4. The van der Waals surface area contributed by atoms with Crippen LogP contribution in [0.2, 0.25) is 0 Å². The van der Waals surface area contributed by atoms with Crippen molar-refractivity contribution in [2.45, 2.75) is 0 Å². The van der Waals surface area contributed by atoms with Crippen molar-refractivity contribution < 1.29 is 4.79 Å². The molecule has 0 fully saturated rings. The third-order valence-electron chi connectivity index (χ3n) is 1.77. The number of aliphatic imine (C=N–C) groups is 2. The van der Waals surface area contributed by atoms with Gasteiger partial charge >= 0.3 is 0 Å². The van der Waals surface area contributed by atoms with Crippen molar-refractivity contribution >= 4 is 24.4 Å². The lowest BCUT2D eigenvalue weighted by Crippen LogP contribution is -2.36. The zero-order chi connectivity index (χ0) is 13.4. The molecule has 2 N–H and O–H groups in total. The molecule has 1 aromatic heterocycles. The third kappa shape index (κ3) is 4.60. The zero-order valence-corrected chi connectivity index (χ0v) is 10.6. The summed E-state index contributed by atoms with van der Waals surface area (Å²) in [5.74, 6) is 0.123. The Labute approximate surface area is 106 Å². The van der Waals surface area contributed by atoms with Gasteiger partial charge in [0.2, 0.25) is 0 Å². The van der Waals surface area contributed by atoms with E-state index in [1.807, 2.05) is 14.1 Å². The second-order valence-corrected chi connectivity index (χ2v) is 3.57. The van der Waals surface area contributed by atoms with Gasteiger partial charge in [0.25, 0.3) is 5.91 Å². The van der Waals surface area contributed by atoms with Crippen molar-refractivity contribution in [1.82, 2.24) is 20.7 Å². The predicted molar refractivity (Wildman–Crippen MR) is 71.1 cm³/mol. The Hall–Kier alpha value is -2.44. The van der Waals surface area contributed by atoms with E-state index in [1.165, 1.54) is 6.34 Å². The molecule has 0 radical (unpaired) electrons. The summed E-state index contributed by atoms with van der Waals surface area (Å²) in [7, 11) is 5.30. The monoisotopic (exact) mass is 248 g/mol. The Morgan fingerprint density at radius 3 is 2.89 bits per heavy atom. The minimum Gasteiger partial charge on any atom is -0.369 e. The summed E-state index contributed by atoms with van der Waals surface area (Å²) in [5.41, 5.74) is 5.23. The highest BCUT2D eigenvalue weighted by atomic mass is 16.2. The summed E-state index contributed by atoms with van der Waals surface area (Å²) in [6, 6.07) is 5.05. The minimum atomic E-state index is -0.350. The largest absolute Gasteiger partial charge is 0.369 e. The molecular formula is C11H16N6O. The molecule has 0 saturated carbocycles. The SMILES string of the molecule is CN=CNNC(=O)c1cccc(N=CN(C)C)n1. The maximum absolute atomic E-state index is 11.6. The number of rotatable bonds is 5. The maximum atomic E-state index is 11.6. The molecule has 0 aliphatic carbocycles. The zero-order valence-electron chi connectivity index (χ0n) is 10.6. The maximum Gasteiger partial charge on any atom is 0.288 e. The van der Waals surface area contributed by atoms with Crippen LogP contribution >= 0.6 is 0 Å². The van der Waals surface area contributed by atoms with Gasteiger partial charge in [0.1, 0.15) is 12.0 Å². The van der Waals surface area contributed by atoms with Crippen LogP contribution in [0.3, 0.4) is 0 Å². The van der Waals surface area contributed by atoms with Crippen LogP contribution in [0.5, 0.6) is 0 Å². The van der Waals surface area contributed by atoms with Crippen molar-refractivity contribution in [3.8, 4) is 0 Å². The van der Waals surface area contributed by atoms with Crippen LogP contribution in [0.1, 0.15) is 10.5 Å². The van der Waals surface area contributed by atoms with E-state index in [2.05, 4.69) is 25.8 Å². The number of aromatic nitrogens is 1. The van der Waals surface area contributed by atoms with E-state index in [0.29, 0.717) is 5.82 Å². The first-order valence-corrected chi connectivity index (χ1v) is 5.27. The van der Waals surface area contributed by atoms with Gasteiger partial charge in [0.15, 0.2) is 5.82 Å². The van der Waals surface area contributed by atoms with Gasteiger partial charge in [-0.3, -0.25) is 20.6 Å². The smallest absolute Gasteiger partial charge is 0.288 e. The van der Waals surface area contributed by atoms with Gasteiger partial charge in [-0.15, -0.1) is 0 Å². The lowest BCUT2D eigenvalue weighted by atomic mass is 10.3. The van der Waals surface area contributed by atoms with Gasteiger partial charge in [0, 0.05) is 21.1 Å².